The smallest absolute Gasteiger partial charge is 0.279 e. The minimum absolute atomic E-state index is 0.165. The molecule has 0 N–H and O–H groups in total. The van der Waals surface area contributed by atoms with E-state index in [9.17, 15) is 14.4 Å². The Balaban J connectivity index is 1.58. The van der Waals surface area contributed by atoms with Crippen molar-refractivity contribution in [1.29, 1.82) is 5.26 Å². The highest BCUT2D eigenvalue weighted by molar-refractivity contribution is 5.88. The molecule has 0 atom stereocenters. The van der Waals surface area contributed by atoms with E-state index in [-0.39, 0.29) is 16.8 Å². The number of nitrogens with zero attached hydrogens (tertiary/aromatic N) is 3. The van der Waals surface area contributed by atoms with Crippen molar-refractivity contribution in [2.24, 2.45) is 0 Å². The number of fused-ring (bicyclic) bond motifs is 3. The van der Waals surface area contributed by atoms with Crippen molar-refractivity contribution < 1.29 is 9.13 Å². The van der Waals surface area contributed by atoms with Crippen molar-refractivity contribution in [3.63, 3.8) is 0 Å². The minimum atomic E-state index is -0.660. The summed E-state index contributed by atoms with van der Waals surface area (Å²) in [6, 6.07) is 23.4. The molecule has 3 aromatic carbocycles. The van der Waals surface area contributed by atoms with E-state index in [4.69, 9.17) is 4.74 Å². The zero-order chi connectivity index (χ0) is 21.4. The number of ether oxygens (including phenoxy) is 1. The second-order valence-electron chi connectivity index (χ2n) is 7.11. The first kappa shape index (κ1) is 18.6. The van der Waals surface area contributed by atoms with Crippen LogP contribution in [0.1, 0.15) is 11.1 Å². The van der Waals surface area contributed by atoms with E-state index in [0.717, 1.165) is 16.5 Å². The van der Waals surface area contributed by atoms with Crippen molar-refractivity contribution in [2.45, 2.75) is 6.61 Å². The second-order valence-corrected chi connectivity index (χ2v) is 7.11. The van der Waals surface area contributed by atoms with Crippen LogP contribution in [0.5, 0.6) is 5.75 Å². The van der Waals surface area contributed by atoms with Gasteiger partial charge in [-0.1, -0.05) is 36.4 Å². The molecule has 5 rings (SSSR count). The number of nitriles is 1. The van der Waals surface area contributed by atoms with Crippen LogP contribution in [0.4, 0.5) is 4.39 Å². The number of rotatable bonds is 4. The van der Waals surface area contributed by atoms with Gasteiger partial charge in [-0.15, -0.1) is 0 Å². The number of hydrogen-bond acceptors (Lipinski definition) is 3. The molecule has 0 spiro atoms. The Kier molecular flexibility index (Phi) is 4.49. The Morgan fingerprint density at radius 3 is 2.58 bits per heavy atom. The predicted molar refractivity (Wildman–Crippen MR) is 116 cm³/mol. The van der Waals surface area contributed by atoms with E-state index in [0.29, 0.717) is 17.9 Å². The van der Waals surface area contributed by atoms with Crippen LogP contribution in [-0.4, -0.2) is 8.97 Å². The quantitative estimate of drug-likeness (QED) is 0.427. The van der Waals surface area contributed by atoms with Gasteiger partial charge in [0.2, 0.25) is 0 Å². The van der Waals surface area contributed by atoms with Gasteiger partial charge < -0.3 is 9.14 Å². The van der Waals surface area contributed by atoms with Gasteiger partial charge in [-0.05, 0) is 35.9 Å². The topological polar surface area (TPSA) is 59.4 Å². The molecule has 2 heterocycles. The fourth-order valence-electron chi connectivity index (χ4n) is 3.70. The lowest BCUT2D eigenvalue weighted by atomic mass is 10.2. The van der Waals surface area contributed by atoms with E-state index in [1.807, 2.05) is 54.6 Å². The van der Waals surface area contributed by atoms with Crippen molar-refractivity contribution in [3.8, 4) is 17.5 Å². The van der Waals surface area contributed by atoms with Crippen molar-refractivity contribution in [3.05, 3.63) is 112 Å². The van der Waals surface area contributed by atoms with E-state index in [1.54, 1.807) is 28.9 Å². The number of benzene rings is 3. The van der Waals surface area contributed by atoms with Crippen molar-refractivity contribution >= 4 is 16.4 Å². The second kappa shape index (κ2) is 7.47. The third-order valence-corrected chi connectivity index (χ3v) is 5.23. The molecule has 0 bridgehead atoms. The summed E-state index contributed by atoms with van der Waals surface area (Å²) in [6.07, 6.45) is 3.27. The summed E-state index contributed by atoms with van der Waals surface area (Å²) in [7, 11) is 0. The molecule has 0 unspecified atom stereocenters. The fraction of sp³-hybridized carbons (Fsp3) is 0.0400. The highest BCUT2D eigenvalue weighted by atomic mass is 19.1. The molecule has 0 saturated carbocycles. The minimum Gasteiger partial charge on any atom is -0.489 e. The molecule has 31 heavy (non-hydrogen) atoms. The van der Waals surface area contributed by atoms with E-state index >= 15 is 0 Å². The zero-order valence-electron chi connectivity index (χ0n) is 16.3. The van der Waals surface area contributed by atoms with Crippen LogP contribution >= 0.6 is 0 Å². The van der Waals surface area contributed by atoms with Crippen LogP contribution in [-0.2, 0) is 6.61 Å². The van der Waals surface area contributed by atoms with Gasteiger partial charge in [0.05, 0.1) is 11.2 Å². The first-order valence-corrected chi connectivity index (χ1v) is 9.68. The predicted octanol–water partition coefficient (Wildman–Crippen LogP) is 4.83. The lowest BCUT2D eigenvalue weighted by Crippen LogP contribution is -2.20. The largest absolute Gasteiger partial charge is 0.489 e. The van der Waals surface area contributed by atoms with Crippen LogP contribution < -0.4 is 10.3 Å². The van der Waals surface area contributed by atoms with Gasteiger partial charge >= 0.3 is 0 Å². The third kappa shape index (κ3) is 3.22. The molecule has 0 aliphatic carbocycles. The molecule has 0 aliphatic heterocycles. The van der Waals surface area contributed by atoms with Crippen LogP contribution in [0, 0.1) is 17.1 Å². The summed E-state index contributed by atoms with van der Waals surface area (Å²) in [6.45, 7) is 0.443. The summed E-state index contributed by atoms with van der Waals surface area (Å²) < 4.78 is 23.0. The van der Waals surface area contributed by atoms with Gasteiger partial charge in [-0.2, -0.15) is 5.26 Å². The lowest BCUT2D eigenvalue weighted by molar-refractivity contribution is 0.306. The molecule has 150 valence electrons. The van der Waals surface area contributed by atoms with Crippen LogP contribution in [0.25, 0.3) is 22.1 Å². The molecule has 6 heteroatoms. The van der Waals surface area contributed by atoms with Gasteiger partial charge in [0.25, 0.3) is 5.56 Å². The molecular weight excluding hydrogens is 393 g/mol. The molecule has 2 aromatic heterocycles. The maximum absolute atomic E-state index is 14.0. The average molecular weight is 409 g/mol. The Hall–Kier alpha value is -4.37. The normalized spacial score (nSPS) is 11.0. The monoisotopic (exact) mass is 409 g/mol. The van der Waals surface area contributed by atoms with Crippen molar-refractivity contribution in [2.75, 3.05) is 0 Å². The Morgan fingerprint density at radius 1 is 0.935 bits per heavy atom. The van der Waals surface area contributed by atoms with Crippen molar-refractivity contribution in [1.82, 2.24) is 8.97 Å². The summed E-state index contributed by atoms with van der Waals surface area (Å²) in [5.41, 5.74) is 2.02. The first-order valence-electron chi connectivity index (χ1n) is 9.68. The molecule has 0 amide bonds. The zero-order valence-corrected chi connectivity index (χ0v) is 16.3. The van der Waals surface area contributed by atoms with Crippen LogP contribution in [0.3, 0.4) is 0 Å². The molecular formula is C25H16FN3O2. The van der Waals surface area contributed by atoms with E-state index < -0.39 is 5.82 Å². The van der Waals surface area contributed by atoms with Gasteiger partial charge in [-0.3, -0.25) is 9.36 Å². The molecule has 0 aliphatic rings. The summed E-state index contributed by atoms with van der Waals surface area (Å²) in [4.78, 5) is 13.2. The number of hydrogen-bond donors (Lipinski definition) is 0. The highest BCUT2D eigenvalue weighted by Crippen LogP contribution is 2.25. The highest BCUT2D eigenvalue weighted by Gasteiger charge is 2.14. The van der Waals surface area contributed by atoms with Crippen LogP contribution in [0.2, 0.25) is 0 Å². The fourth-order valence-corrected chi connectivity index (χ4v) is 3.70. The standard InChI is InChI=1S/C25H16FN3O2/c26-21-7-4-8-22(20(21)15-27)29-12-11-28-23-14-19(31-16-17-5-2-1-3-6-17)10-9-18(23)13-24(28)25(29)30/h1-14H,16H2. The average Bonchev–Trinajstić information content (AvgIpc) is 3.17. The maximum atomic E-state index is 14.0. The molecule has 0 fully saturated rings. The Morgan fingerprint density at radius 2 is 1.77 bits per heavy atom. The van der Waals surface area contributed by atoms with Gasteiger partial charge in [-0.25, -0.2) is 4.39 Å². The SMILES string of the molecule is N#Cc1c(F)cccc1-n1ccn2c(cc3ccc(OCc4ccccc4)cc32)c1=O. The first-order chi connectivity index (χ1) is 15.2. The van der Waals surface area contributed by atoms with Gasteiger partial charge in [0, 0.05) is 23.8 Å². The van der Waals surface area contributed by atoms with E-state index in [2.05, 4.69) is 0 Å². The summed E-state index contributed by atoms with van der Waals surface area (Å²) in [5.74, 6) is 0.0324. The summed E-state index contributed by atoms with van der Waals surface area (Å²) >= 11 is 0. The third-order valence-electron chi connectivity index (χ3n) is 5.23. The van der Waals surface area contributed by atoms with Gasteiger partial charge in [0.1, 0.15) is 35.3 Å². The van der Waals surface area contributed by atoms with E-state index in [1.165, 1.54) is 16.7 Å². The molecule has 0 radical (unpaired) electrons. The number of halogens is 1. The Bertz CT molecular complexity index is 1530. The molecule has 5 aromatic rings. The molecule has 0 saturated heterocycles. The maximum Gasteiger partial charge on any atom is 0.279 e. The van der Waals surface area contributed by atoms with Gasteiger partial charge in [0.15, 0.2) is 0 Å². The summed E-state index contributed by atoms with van der Waals surface area (Å²) in [5, 5.41) is 10.2. The lowest BCUT2D eigenvalue weighted by Gasteiger charge is -2.09. The Labute approximate surface area is 176 Å². The van der Waals surface area contributed by atoms with Crippen LogP contribution in [0.15, 0.2) is 90.0 Å². The molecule has 5 nitrogen and oxygen atoms in total. The number of aromatic nitrogens is 2.